The molecule has 64 valence electrons. The van der Waals surface area contributed by atoms with Crippen molar-refractivity contribution < 1.29 is 4.39 Å². The normalized spacial score (nSPS) is 27.2. The Labute approximate surface area is 78.9 Å². The quantitative estimate of drug-likeness (QED) is 0.787. The molecule has 0 aromatic heterocycles. The van der Waals surface area contributed by atoms with Crippen LogP contribution >= 0.6 is 15.9 Å². The van der Waals surface area contributed by atoms with E-state index in [-0.39, 0.29) is 11.9 Å². The highest BCUT2D eigenvalue weighted by Gasteiger charge is 2.34. The Hall–Kier alpha value is -0.410. The van der Waals surface area contributed by atoms with Crippen molar-refractivity contribution in [3.63, 3.8) is 0 Å². The predicted octanol–water partition coefficient (Wildman–Crippen LogP) is 2.40. The third kappa shape index (κ3) is 1.39. The van der Waals surface area contributed by atoms with E-state index in [1.54, 1.807) is 12.1 Å². The Morgan fingerprint density at radius 3 is 2.67 bits per heavy atom. The van der Waals surface area contributed by atoms with Gasteiger partial charge in [-0.2, -0.15) is 0 Å². The fourth-order valence-electron chi connectivity index (χ4n) is 1.34. The molecule has 1 aliphatic rings. The molecular formula is C9H9BrFN. The maximum atomic E-state index is 13.0. The van der Waals surface area contributed by atoms with Gasteiger partial charge in [-0.15, -0.1) is 0 Å². The maximum Gasteiger partial charge on any atom is 0.137 e. The van der Waals surface area contributed by atoms with Gasteiger partial charge in [0, 0.05) is 12.0 Å². The molecular weight excluding hydrogens is 221 g/mol. The lowest BCUT2D eigenvalue weighted by Crippen LogP contribution is -2.01. The fourth-order valence-corrected chi connectivity index (χ4v) is 1.59. The zero-order valence-corrected chi connectivity index (χ0v) is 8.01. The van der Waals surface area contributed by atoms with Crippen LogP contribution in [0.2, 0.25) is 0 Å². The van der Waals surface area contributed by atoms with Crippen molar-refractivity contribution in [1.82, 2.24) is 0 Å². The van der Waals surface area contributed by atoms with Crippen molar-refractivity contribution in [2.75, 3.05) is 0 Å². The first-order valence-electron chi connectivity index (χ1n) is 3.89. The van der Waals surface area contributed by atoms with Gasteiger partial charge in [-0.1, -0.05) is 6.07 Å². The third-order valence-electron chi connectivity index (χ3n) is 2.21. The molecule has 2 rings (SSSR count). The third-order valence-corrected chi connectivity index (χ3v) is 2.85. The van der Waals surface area contributed by atoms with E-state index < -0.39 is 0 Å². The summed E-state index contributed by atoms with van der Waals surface area (Å²) in [7, 11) is 0. The van der Waals surface area contributed by atoms with E-state index in [0.29, 0.717) is 10.4 Å². The van der Waals surface area contributed by atoms with E-state index in [9.17, 15) is 4.39 Å². The Kier molecular flexibility index (Phi) is 1.93. The van der Waals surface area contributed by atoms with Gasteiger partial charge in [-0.3, -0.25) is 0 Å². The number of hydrogen-bond donors (Lipinski definition) is 1. The number of hydrogen-bond acceptors (Lipinski definition) is 1. The van der Waals surface area contributed by atoms with Crippen molar-refractivity contribution in [2.24, 2.45) is 5.73 Å². The lowest BCUT2D eigenvalue weighted by Gasteiger charge is -1.99. The minimum atomic E-state index is -0.202. The first-order valence-corrected chi connectivity index (χ1v) is 4.68. The Morgan fingerprint density at radius 1 is 1.50 bits per heavy atom. The summed E-state index contributed by atoms with van der Waals surface area (Å²) in [4.78, 5) is 0. The van der Waals surface area contributed by atoms with Crippen LogP contribution < -0.4 is 5.73 Å². The van der Waals surface area contributed by atoms with Crippen molar-refractivity contribution in [3.05, 3.63) is 34.1 Å². The molecule has 0 aliphatic heterocycles. The first-order chi connectivity index (χ1) is 5.68. The number of rotatable bonds is 1. The molecule has 0 radical (unpaired) electrons. The first kappa shape index (κ1) is 8.20. The highest BCUT2D eigenvalue weighted by Crippen LogP contribution is 2.39. The van der Waals surface area contributed by atoms with Crippen molar-refractivity contribution in [3.8, 4) is 0 Å². The van der Waals surface area contributed by atoms with E-state index in [4.69, 9.17) is 5.73 Å². The predicted molar refractivity (Wildman–Crippen MR) is 49.4 cm³/mol. The van der Waals surface area contributed by atoms with Crippen LogP contribution in [0.5, 0.6) is 0 Å². The van der Waals surface area contributed by atoms with Crippen molar-refractivity contribution >= 4 is 15.9 Å². The van der Waals surface area contributed by atoms with Crippen LogP contribution in [0.25, 0.3) is 0 Å². The van der Waals surface area contributed by atoms with E-state index in [2.05, 4.69) is 15.9 Å². The monoisotopic (exact) mass is 229 g/mol. The lowest BCUT2D eigenvalue weighted by molar-refractivity contribution is 0.618. The average Bonchev–Trinajstić information content (AvgIpc) is 2.73. The number of benzene rings is 1. The topological polar surface area (TPSA) is 26.0 Å². The van der Waals surface area contributed by atoms with Gasteiger partial charge in [0.1, 0.15) is 5.82 Å². The zero-order valence-electron chi connectivity index (χ0n) is 6.43. The minimum Gasteiger partial charge on any atom is -0.327 e. The van der Waals surface area contributed by atoms with Crippen LogP contribution in [0.15, 0.2) is 22.7 Å². The van der Waals surface area contributed by atoms with Gasteiger partial charge < -0.3 is 5.73 Å². The second kappa shape index (κ2) is 2.82. The standard InChI is InChI=1S/C9H9BrFN/c10-7-2-1-5(3-8(7)11)6-4-9(6)12/h1-3,6,9H,4,12H2/t6-,9+/m1/s1. The molecule has 0 amide bonds. The molecule has 0 unspecified atom stereocenters. The summed E-state index contributed by atoms with van der Waals surface area (Å²) in [6.45, 7) is 0. The van der Waals surface area contributed by atoms with Crippen molar-refractivity contribution in [1.29, 1.82) is 0 Å². The van der Waals surface area contributed by atoms with Crippen LogP contribution in [-0.4, -0.2) is 6.04 Å². The second-order valence-electron chi connectivity index (χ2n) is 3.18. The molecule has 0 saturated heterocycles. The molecule has 1 aromatic rings. The van der Waals surface area contributed by atoms with E-state index in [0.717, 1.165) is 12.0 Å². The van der Waals surface area contributed by atoms with E-state index in [1.807, 2.05) is 6.07 Å². The Bertz CT molecular complexity index is 313. The summed E-state index contributed by atoms with van der Waals surface area (Å²) in [6.07, 6.45) is 0.987. The van der Waals surface area contributed by atoms with Gasteiger partial charge in [-0.05, 0) is 40.0 Å². The van der Waals surface area contributed by atoms with Gasteiger partial charge >= 0.3 is 0 Å². The summed E-state index contributed by atoms with van der Waals surface area (Å²) in [5.74, 6) is 0.180. The molecule has 1 saturated carbocycles. The number of halogens is 2. The molecule has 2 N–H and O–H groups in total. The SMILES string of the molecule is N[C@H]1C[C@@H]1c1ccc(Br)c(F)c1. The number of nitrogens with two attached hydrogens (primary N) is 1. The molecule has 1 nitrogen and oxygen atoms in total. The van der Waals surface area contributed by atoms with Crippen LogP contribution in [0, 0.1) is 5.82 Å². The molecule has 12 heavy (non-hydrogen) atoms. The van der Waals surface area contributed by atoms with E-state index in [1.165, 1.54) is 0 Å². The maximum absolute atomic E-state index is 13.0. The summed E-state index contributed by atoms with van der Waals surface area (Å²) < 4.78 is 13.5. The summed E-state index contributed by atoms with van der Waals surface area (Å²) in [5.41, 5.74) is 6.67. The van der Waals surface area contributed by atoms with Crippen LogP contribution in [-0.2, 0) is 0 Å². The molecule has 1 aliphatic carbocycles. The highest BCUT2D eigenvalue weighted by atomic mass is 79.9. The summed E-state index contributed by atoms with van der Waals surface area (Å²) in [6, 6.07) is 5.45. The van der Waals surface area contributed by atoms with Gasteiger partial charge in [0.2, 0.25) is 0 Å². The van der Waals surface area contributed by atoms with Gasteiger partial charge in [0.15, 0.2) is 0 Å². The van der Waals surface area contributed by atoms with E-state index >= 15 is 0 Å². The van der Waals surface area contributed by atoms with Crippen LogP contribution in [0.4, 0.5) is 4.39 Å². The molecule has 0 heterocycles. The van der Waals surface area contributed by atoms with Crippen molar-refractivity contribution in [2.45, 2.75) is 18.4 Å². The van der Waals surface area contributed by atoms with Gasteiger partial charge in [0.05, 0.1) is 4.47 Å². The van der Waals surface area contributed by atoms with Crippen LogP contribution in [0.3, 0.4) is 0 Å². The molecule has 1 aromatic carbocycles. The largest absolute Gasteiger partial charge is 0.327 e. The second-order valence-corrected chi connectivity index (χ2v) is 4.03. The molecule has 1 fully saturated rings. The molecule has 0 bridgehead atoms. The van der Waals surface area contributed by atoms with Gasteiger partial charge in [-0.25, -0.2) is 4.39 Å². The zero-order chi connectivity index (χ0) is 8.72. The minimum absolute atomic E-state index is 0.202. The van der Waals surface area contributed by atoms with Gasteiger partial charge in [0.25, 0.3) is 0 Å². The lowest BCUT2D eigenvalue weighted by atomic mass is 10.1. The molecule has 3 heteroatoms. The highest BCUT2D eigenvalue weighted by molar-refractivity contribution is 9.10. The fraction of sp³-hybridized carbons (Fsp3) is 0.333. The summed E-state index contributed by atoms with van der Waals surface area (Å²) >= 11 is 3.11. The smallest absolute Gasteiger partial charge is 0.137 e. The Balaban J connectivity index is 2.29. The Morgan fingerprint density at radius 2 is 2.17 bits per heavy atom. The van der Waals surface area contributed by atoms with Crippen LogP contribution in [0.1, 0.15) is 17.9 Å². The molecule has 2 atom stereocenters. The summed E-state index contributed by atoms with van der Waals surface area (Å²) in [5, 5.41) is 0. The average molecular weight is 230 g/mol. The molecule has 0 spiro atoms.